The maximum absolute atomic E-state index is 12.2. The van der Waals surface area contributed by atoms with Crippen LogP contribution in [0.5, 0.6) is 17.4 Å². The number of nitrogens with one attached hydrogen (secondary N) is 1. The average Bonchev–Trinajstić information content (AvgIpc) is 2.91. The van der Waals surface area contributed by atoms with Gasteiger partial charge in [-0.05, 0) is 54.4 Å². The molecule has 1 amide bonds. The molecule has 0 atom stereocenters. The van der Waals surface area contributed by atoms with E-state index in [0.717, 1.165) is 5.56 Å². The van der Waals surface area contributed by atoms with E-state index in [1.165, 1.54) is 32.6 Å². The molecular formula is C26H25N5O7. The minimum atomic E-state index is -0.545. The summed E-state index contributed by atoms with van der Waals surface area (Å²) in [4.78, 5) is 26.7. The number of carbonyl (C=O) groups excluding carboxylic acids is 1. The van der Waals surface area contributed by atoms with Crippen LogP contribution < -0.4 is 19.6 Å². The normalized spacial score (nSPS) is 10.6. The van der Waals surface area contributed by atoms with Gasteiger partial charge in [0.25, 0.3) is 11.6 Å². The second kappa shape index (κ2) is 13.3. The van der Waals surface area contributed by atoms with Crippen molar-refractivity contribution in [1.82, 2.24) is 10.4 Å². The van der Waals surface area contributed by atoms with E-state index in [1.807, 2.05) is 6.07 Å². The molecule has 0 radical (unpaired) electrons. The van der Waals surface area contributed by atoms with E-state index < -0.39 is 17.4 Å². The molecule has 0 spiro atoms. The van der Waals surface area contributed by atoms with Gasteiger partial charge >= 0.3 is 0 Å². The number of hydrazone groups is 1. The molecule has 38 heavy (non-hydrogen) atoms. The number of hydrogen-bond donors (Lipinski definition) is 1. The molecule has 0 saturated carbocycles. The first kappa shape index (κ1) is 27.6. The number of hydrogen-bond acceptors (Lipinski definition) is 10. The van der Waals surface area contributed by atoms with Gasteiger partial charge in [0, 0.05) is 30.5 Å². The van der Waals surface area contributed by atoms with Gasteiger partial charge in [0.1, 0.15) is 18.2 Å². The lowest BCUT2D eigenvalue weighted by molar-refractivity contribution is -0.384. The number of pyridine rings is 1. The number of benzene rings is 2. The third kappa shape index (κ3) is 7.49. The van der Waals surface area contributed by atoms with Crippen molar-refractivity contribution in [3.63, 3.8) is 0 Å². The third-order valence-electron chi connectivity index (χ3n) is 5.08. The average molecular weight is 520 g/mol. The fourth-order valence-corrected chi connectivity index (χ4v) is 3.31. The SMILES string of the molecule is COCc1cc(C)nc(OCC(=O)N/N=C/c2ccc(OCc3ccc([N+](=O)[O-])cc3)c(OC)c2)c1C#N. The molecule has 0 aliphatic rings. The molecule has 0 aliphatic heterocycles. The molecular weight excluding hydrogens is 494 g/mol. The predicted molar refractivity (Wildman–Crippen MR) is 136 cm³/mol. The summed E-state index contributed by atoms with van der Waals surface area (Å²) in [6.07, 6.45) is 1.42. The molecule has 12 heteroatoms. The second-order valence-corrected chi connectivity index (χ2v) is 7.85. The molecule has 1 heterocycles. The van der Waals surface area contributed by atoms with Gasteiger partial charge in [0.05, 0.1) is 24.9 Å². The van der Waals surface area contributed by atoms with Crippen LogP contribution in [0.1, 0.15) is 27.9 Å². The van der Waals surface area contributed by atoms with Crippen LogP contribution in [0.25, 0.3) is 0 Å². The maximum atomic E-state index is 12.2. The summed E-state index contributed by atoms with van der Waals surface area (Å²) in [5.74, 6) is 0.406. The lowest BCUT2D eigenvalue weighted by Gasteiger charge is -2.11. The van der Waals surface area contributed by atoms with Gasteiger partial charge in [0.2, 0.25) is 5.88 Å². The van der Waals surface area contributed by atoms with Gasteiger partial charge in [-0.25, -0.2) is 10.4 Å². The fourth-order valence-electron chi connectivity index (χ4n) is 3.31. The standard InChI is InChI=1S/C26H25N5O7/c1-17-10-20(15-35-2)22(12-27)26(29-17)38-16-25(32)30-28-13-19-6-9-23(24(11-19)36-3)37-14-18-4-7-21(8-5-18)31(33)34/h4-11,13H,14-16H2,1-3H3,(H,30,32)/b28-13+. The van der Waals surface area contributed by atoms with Crippen LogP contribution in [-0.4, -0.2) is 42.9 Å². The van der Waals surface area contributed by atoms with Crippen molar-refractivity contribution in [3.05, 3.63) is 86.6 Å². The molecule has 196 valence electrons. The minimum absolute atomic E-state index is 0.00332. The smallest absolute Gasteiger partial charge is 0.278 e. The Kier molecular flexibility index (Phi) is 9.67. The number of methoxy groups -OCH3 is 2. The number of aromatic nitrogens is 1. The highest BCUT2D eigenvalue weighted by atomic mass is 16.6. The molecule has 12 nitrogen and oxygen atoms in total. The van der Waals surface area contributed by atoms with E-state index in [1.54, 1.807) is 43.3 Å². The Morgan fingerprint density at radius 2 is 1.89 bits per heavy atom. The van der Waals surface area contributed by atoms with Crippen molar-refractivity contribution in [3.8, 4) is 23.4 Å². The summed E-state index contributed by atoms with van der Waals surface area (Å²) in [5.41, 5.74) is 5.19. The summed E-state index contributed by atoms with van der Waals surface area (Å²) in [6.45, 7) is 1.75. The van der Waals surface area contributed by atoms with Gasteiger partial charge in [-0.1, -0.05) is 0 Å². The number of aryl methyl sites for hydroxylation is 1. The van der Waals surface area contributed by atoms with E-state index in [9.17, 15) is 20.2 Å². The van der Waals surface area contributed by atoms with E-state index in [-0.39, 0.29) is 30.3 Å². The molecule has 0 fully saturated rings. The van der Waals surface area contributed by atoms with Crippen LogP contribution in [0.15, 0.2) is 53.6 Å². The van der Waals surface area contributed by atoms with Gasteiger partial charge in [-0.15, -0.1) is 0 Å². The van der Waals surface area contributed by atoms with Gasteiger partial charge in [-0.2, -0.15) is 10.4 Å². The van der Waals surface area contributed by atoms with Crippen molar-refractivity contribution in [2.75, 3.05) is 20.8 Å². The van der Waals surface area contributed by atoms with E-state index in [2.05, 4.69) is 15.5 Å². The number of ether oxygens (including phenoxy) is 4. The number of amides is 1. The zero-order valence-electron chi connectivity index (χ0n) is 21.0. The molecule has 0 unspecified atom stereocenters. The number of nitrogens with zero attached hydrogens (tertiary/aromatic N) is 4. The highest BCUT2D eigenvalue weighted by Gasteiger charge is 2.14. The zero-order chi connectivity index (χ0) is 27.5. The Hall–Kier alpha value is -5.02. The fraction of sp³-hybridized carbons (Fsp3) is 0.231. The molecule has 1 N–H and O–H groups in total. The number of nitro groups is 1. The van der Waals surface area contributed by atoms with E-state index in [4.69, 9.17) is 18.9 Å². The zero-order valence-corrected chi connectivity index (χ0v) is 21.0. The number of non-ortho nitro benzene ring substituents is 1. The predicted octanol–water partition coefficient (Wildman–Crippen LogP) is 3.43. The van der Waals surface area contributed by atoms with Crippen molar-refractivity contribution in [2.45, 2.75) is 20.1 Å². The summed E-state index contributed by atoms with van der Waals surface area (Å²) in [7, 11) is 3.00. The Bertz CT molecular complexity index is 1370. The van der Waals surface area contributed by atoms with Crippen LogP contribution in [-0.2, 0) is 22.7 Å². The van der Waals surface area contributed by atoms with Crippen molar-refractivity contribution in [2.24, 2.45) is 5.10 Å². The molecule has 2 aromatic carbocycles. The van der Waals surface area contributed by atoms with Crippen molar-refractivity contribution in [1.29, 1.82) is 5.26 Å². The maximum Gasteiger partial charge on any atom is 0.278 e. The highest BCUT2D eigenvalue weighted by molar-refractivity contribution is 5.83. The van der Waals surface area contributed by atoms with E-state index in [0.29, 0.717) is 28.3 Å². The van der Waals surface area contributed by atoms with Crippen LogP contribution in [0.2, 0.25) is 0 Å². The number of rotatable bonds is 12. The van der Waals surface area contributed by atoms with E-state index >= 15 is 0 Å². The van der Waals surface area contributed by atoms with Crippen molar-refractivity contribution >= 4 is 17.8 Å². The topological polar surface area (TPSA) is 158 Å². The van der Waals surface area contributed by atoms with Crippen LogP contribution >= 0.6 is 0 Å². The Balaban J connectivity index is 1.56. The summed E-state index contributed by atoms with van der Waals surface area (Å²) >= 11 is 0. The van der Waals surface area contributed by atoms with Gasteiger partial charge in [0.15, 0.2) is 18.1 Å². The highest BCUT2D eigenvalue weighted by Crippen LogP contribution is 2.28. The number of carbonyl (C=O) groups is 1. The molecule has 3 aromatic rings. The third-order valence-corrected chi connectivity index (χ3v) is 5.08. The first-order valence-electron chi connectivity index (χ1n) is 11.2. The Labute approximate surface area is 218 Å². The quantitative estimate of drug-likeness (QED) is 0.215. The van der Waals surface area contributed by atoms with Crippen LogP contribution in [0.4, 0.5) is 5.69 Å². The second-order valence-electron chi connectivity index (χ2n) is 7.85. The number of nitriles is 1. The van der Waals surface area contributed by atoms with Gasteiger partial charge < -0.3 is 18.9 Å². The Morgan fingerprint density at radius 1 is 1.13 bits per heavy atom. The van der Waals surface area contributed by atoms with Crippen LogP contribution in [0.3, 0.4) is 0 Å². The first-order chi connectivity index (χ1) is 18.3. The van der Waals surface area contributed by atoms with Crippen molar-refractivity contribution < 1.29 is 28.7 Å². The first-order valence-corrected chi connectivity index (χ1v) is 11.2. The molecule has 3 rings (SSSR count). The largest absolute Gasteiger partial charge is 0.493 e. The van der Waals surface area contributed by atoms with Gasteiger partial charge in [-0.3, -0.25) is 14.9 Å². The lowest BCUT2D eigenvalue weighted by atomic mass is 10.1. The molecule has 0 bridgehead atoms. The molecule has 0 aliphatic carbocycles. The Morgan fingerprint density at radius 3 is 2.55 bits per heavy atom. The summed E-state index contributed by atoms with van der Waals surface area (Å²) < 4.78 is 21.7. The molecule has 1 aromatic heterocycles. The number of nitro benzene ring substituents is 1. The molecule has 0 saturated heterocycles. The lowest BCUT2D eigenvalue weighted by Crippen LogP contribution is -2.25. The summed E-state index contributed by atoms with van der Waals surface area (Å²) in [6, 6.07) is 14.9. The minimum Gasteiger partial charge on any atom is -0.493 e. The van der Waals surface area contributed by atoms with Crippen LogP contribution in [0, 0.1) is 28.4 Å². The summed E-state index contributed by atoms with van der Waals surface area (Å²) in [5, 5.41) is 24.1. The monoisotopic (exact) mass is 519 g/mol.